The molecular formula is C19H30N2O2. The summed E-state index contributed by atoms with van der Waals surface area (Å²) in [4.78, 5) is 11.7. The topological polar surface area (TPSA) is 50.4 Å². The molecule has 0 aromatic heterocycles. The first-order chi connectivity index (χ1) is 10.8. The maximum atomic E-state index is 11.7. The highest BCUT2D eigenvalue weighted by Crippen LogP contribution is 2.28. The standard InChI is InChI=1S/C19H30N2O2/c1-14-6-5-7-15(12-14)13-20-16-8-10-17(11-9-16)21-18(22)23-19(2,3)4/h8-11,14-15,20H,5-7,12-13H2,1-4H3,(H,21,22). The van der Waals surface area contributed by atoms with Crippen molar-refractivity contribution in [1.29, 1.82) is 0 Å². The van der Waals surface area contributed by atoms with E-state index in [1.165, 1.54) is 25.7 Å². The Hall–Kier alpha value is -1.71. The Morgan fingerprint density at radius 1 is 1.17 bits per heavy atom. The molecule has 2 N–H and O–H groups in total. The minimum atomic E-state index is -0.483. The summed E-state index contributed by atoms with van der Waals surface area (Å²) < 4.78 is 5.24. The van der Waals surface area contributed by atoms with Crippen LogP contribution in [0.2, 0.25) is 0 Å². The highest BCUT2D eigenvalue weighted by molar-refractivity contribution is 5.85. The number of hydrogen-bond donors (Lipinski definition) is 2. The first kappa shape index (κ1) is 17.6. The van der Waals surface area contributed by atoms with Crippen LogP contribution in [-0.4, -0.2) is 18.2 Å². The lowest BCUT2D eigenvalue weighted by Gasteiger charge is -2.27. The summed E-state index contributed by atoms with van der Waals surface area (Å²) >= 11 is 0. The van der Waals surface area contributed by atoms with Crippen LogP contribution >= 0.6 is 0 Å². The van der Waals surface area contributed by atoms with E-state index in [1.54, 1.807) is 0 Å². The summed E-state index contributed by atoms with van der Waals surface area (Å²) in [5.41, 5.74) is 1.36. The molecule has 1 fully saturated rings. The van der Waals surface area contributed by atoms with E-state index < -0.39 is 11.7 Å². The number of rotatable bonds is 4. The van der Waals surface area contributed by atoms with E-state index in [2.05, 4.69) is 17.6 Å². The van der Waals surface area contributed by atoms with Gasteiger partial charge in [-0.25, -0.2) is 4.79 Å². The van der Waals surface area contributed by atoms with Crippen LogP contribution in [0.15, 0.2) is 24.3 Å². The van der Waals surface area contributed by atoms with Gasteiger partial charge in [0.05, 0.1) is 0 Å². The quantitative estimate of drug-likeness (QED) is 0.795. The van der Waals surface area contributed by atoms with Crippen LogP contribution < -0.4 is 10.6 Å². The van der Waals surface area contributed by atoms with Gasteiger partial charge in [0, 0.05) is 17.9 Å². The molecule has 4 heteroatoms. The van der Waals surface area contributed by atoms with Crippen molar-refractivity contribution in [3.05, 3.63) is 24.3 Å². The average molecular weight is 318 g/mol. The molecule has 1 amide bonds. The van der Waals surface area contributed by atoms with E-state index in [4.69, 9.17) is 4.74 Å². The van der Waals surface area contributed by atoms with E-state index in [0.29, 0.717) is 0 Å². The number of anilines is 2. The lowest BCUT2D eigenvalue weighted by molar-refractivity contribution is 0.0636. The van der Waals surface area contributed by atoms with Crippen LogP contribution in [0.4, 0.5) is 16.2 Å². The summed E-state index contributed by atoms with van der Waals surface area (Å²) in [6.07, 6.45) is 4.96. The van der Waals surface area contributed by atoms with Gasteiger partial charge in [-0.15, -0.1) is 0 Å². The maximum Gasteiger partial charge on any atom is 0.412 e. The van der Waals surface area contributed by atoms with Gasteiger partial charge in [-0.05, 0) is 69.7 Å². The maximum absolute atomic E-state index is 11.7. The molecule has 2 rings (SSSR count). The van der Waals surface area contributed by atoms with Gasteiger partial charge >= 0.3 is 6.09 Å². The highest BCUT2D eigenvalue weighted by atomic mass is 16.6. The van der Waals surface area contributed by atoms with Crippen LogP contribution in [0.5, 0.6) is 0 Å². The second kappa shape index (κ2) is 7.71. The molecule has 0 heterocycles. The van der Waals surface area contributed by atoms with Crippen molar-refractivity contribution < 1.29 is 9.53 Å². The Kier molecular flexibility index (Phi) is 5.91. The number of amides is 1. The molecule has 2 unspecified atom stereocenters. The van der Waals surface area contributed by atoms with Gasteiger partial charge in [0.25, 0.3) is 0 Å². The van der Waals surface area contributed by atoms with Crippen molar-refractivity contribution in [3.63, 3.8) is 0 Å². The molecular weight excluding hydrogens is 288 g/mol. The number of hydrogen-bond acceptors (Lipinski definition) is 3. The normalized spacial score (nSPS) is 21.6. The second-order valence-electron chi connectivity index (χ2n) is 7.72. The molecule has 1 saturated carbocycles. The molecule has 1 aliphatic carbocycles. The summed E-state index contributed by atoms with van der Waals surface area (Å²) in [5, 5.41) is 6.26. The predicted octanol–water partition coefficient (Wildman–Crippen LogP) is 5.27. The van der Waals surface area contributed by atoms with Gasteiger partial charge in [-0.1, -0.05) is 19.8 Å². The smallest absolute Gasteiger partial charge is 0.412 e. The second-order valence-corrected chi connectivity index (χ2v) is 7.72. The molecule has 23 heavy (non-hydrogen) atoms. The van der Waals surface area contributed by atoms with E-state index in [1.807, 2.05) is 45.0 Å². The molecule has 2 atom stereocenters. The third-order valence-electron chi connectivity index (χ3n) is 4.17. The molecule has 1 aliphatic rings. The Bertz CT molecular complexity index is 505. The molecule has 128 valence electrons. The molecule has 0 spiro atoms. The van der Waals surface area contributed by atoms with Crippen LogP contribution in [0.1, 0.15) is 53.4 Å². The largest absolute Gasteiger partial charge is 0.444 e. The third-order valence-corrected chi connectivity index (χ3v) is 4.17. The number of carbonyl (C=O) groups is 1. The summed E-state index contributed by atoms with van der Waals surface area (Å²) in [7, 11) is 0. The Balaban J connectivity index is 1.79. The van der Waals surface area contributed by atoms with E-state index in [9.17, 15) is 4.79 Å². The lowest BCUT2D eigenvalue weighted by atomic mass is 9.82. The fourth-order valence-corrected chi connectivity index (χ4v) is 3.10. The SMILES string of the molecule is CC1CCCC(CNc2ccc(NC(=O)OC(C)(C)C)cc2)C1. The molecule has 4 nitrogen and oxygen atoms in total. The van der Waals surface area contributed by atoms with Crippen LogP contribution in [0.3, 0.4) is 0 Å². The van der Waals surface area contributed by atoms with Crippen LogP contribution in [-0.2, 0) is 4.74 Å². The Morgan fingerprint density at radius 2 is 1.83 bits per heavy atom. The monoisotopic (exact) mass is 318 g/mol. The fraction of sp³-hybridized carbons (Fsp3) is 0.632. The first-order valence-corrected chi connectivity index (χ1v) is 8.66. The van der Waals surface area contributed by atoms with Crippen molar-refractivity contribution in [1.82, 2.24) is 0 Å². The number of ether oxygens (including phenoxy) is 1. The van der Waals surface area contributed by atoms with Crippen molar-refractivity contribution in [3.8, 4) is 0 Å². The van der Waals surface area contributed by atoms with Crippen molar-refractivity contribution in [2.45, 2.75) is 59.0 Å². The molecule has 0 bridgehead atoms. The average Bonchev–Trinajstić information content (AvgIpc) is 2.44. The number of nitrogens with one attached hydrogen (secondary N) is 2. The zero-order valence-electron chi connectivity index (χ0n) is 14.8. The Labute approximate surface area is 140 Å². The minimum absolute atomic E-state index is 0.422. The van der Waals surface area contributed by atoms with Gasteiger partial charge in [0.15, 0.2) is 0 Å². The molecule has 0 radical (unpaired) electrons. The molecule has 0 saturated heterocycles. The lowest BCUT2D eigenvalue weighted by Crippen LogP contribution is -2.27. The molecule has 1 aromatic carbocycles. The molecule has 0 aliphatic heterocycles. The van der Waals surface area contributed by atoms with E-state index >= 15 is 0 Å². The predicted molar refractivity (Wildman–Crippen MR) is 95.9 cm³/mol. The number of benzene rings is 1. The van der Waals surface area contributed by atoms with Crippen molar-refractivity contribution in [2.75, 3.05) is 17.2 Å². The van der Waals surface area contributed by atoms with Crippen LogP contribution in [0.25, 0.3) is 0 Å². The summed E-state index contributed by atoms with van der Waals surface area (Å²) in [6, 6.07) is 7.80. The van der Waals surface area contributed by atoms with Crippen LogP contribution in [0, 0.1) is 11.8 Å². The summed E-state index contributed by atoms with van der Waals surface area (Å²) in [6.45, 7) is 8.94. The minimum Gasteiger partial charge on any atom is -0.444 e. The highest BCUT2D eigenvalue weighted by Gasteiger charge is 2.18. The van der Waals surface area contributed by atoms with E-state index in [0.717, 1.165) is 29.8 Å². The van der Waals surface area contributed by atoms with Gasteiger partial charge in [0.2, 0.25) is 0 Å². The van der Waals surface area contributed by atoms with Gasteiger partial charge < -0.3 is 10.1 Å². The zero-order valence-corrected chi connectivity index (χ0v) is 14.8. The zero-order chi connectivity index (χ0) is 16.9. The summed E-state index contributed by atoms with van der Waals surface area (Å²) in [5.74, 6) is 1.63. The van der Waals surface area contributed by atoms with Crippen molar-refractivity contribution in [2.24, 2.45) is 11.8 Å². The third kappa shape index (κ3) is 6.51. The van der Waals surface area contributed by atoms with Gasteiger partial charge in [-0.3, -0.25) is 5.32 Å². The number of carbonyl (C=O) groups excluding carboxylic acids is 1. The fourth-order valence-electron chi connectivity index (χ4n) is 3.10. The van der Waals surface area contributed by atoms with Gasteiger partial charge in [-0.2, -0.15) is 0 Å². The molecule has 1 aromatic rings. The van der Waals surface area contributed by atoms with Gasteiger partial charge in [0.1, 0.15) is 5.60 Å². The van der Waals surface area contributed by atoms with E-state index in [-0.39, 0.29) is 0 Å². The Morgan fingerprint density at radius 3 is 2.43 bits per heavy atom. The van der Waals surface area contributed by atoms with Crippen molar-refractivity contribution >= 4 is 17.5 Å². The first-order valence-electron chi connectivity index (χ1n) is 8.66.